The summed E-state index contributed by atoms with van der Waals surface area (Å²) in [6, 6.07) is -3.88. The Labute approximate surface area is 326 Å². The maximum Gasteiger partial charge on any atom is 0.0652 e. The van der Waals surface area contributed by atoms with Gasteiger partial charge in [0.05, 0.1) is 64.6 Å². The van der Waals surface area contributed by atoms with E-state index < -0.39 is 166 Å². The first-order valence-electron chi connectivity index (χ1n) is 27.2. The predicted molar refractivity (Wildman–Crippen MR) is 215 cm³/mol. The second kappa shape index (κ2) is 10.8. The van der Waals surface area contributed by atoms with Gasteiger partial charge in [-0.2, -0.15) is 0 Å². The van der Waals surface area contributed by atoms with Crippen LogP contribution in [0.4, 0.5) is 0 Å². The molecule has 51 heavy (non-hydrogen) atoms. The molecule has 11 rings (SSSR count). The van der Waals surface area contributed by atoms with Crippen molar-refractivity contribution in [1.29, 1.82) is 0 Å². The lowest BCUT2D eigenvalue weighted by molar-refractivity contribution is 1.17. The van der Waals surface area contributed by atoms with Crippen molar-refractivity contribution in [2.45, 2.75) is 0 Å². The van der Waals surface area contributed by atoms with Crippen LogP contribution < -0.4 is 0 Å². The topological polar surface area (TPSA) is 14.8 Å². The zero-order valence-electron chi connectivity index (χ0n) is 49.0. The standard InChI is InChI=1S/C48H31N3/c1-3-13-34(14-4-1)49-43-20-10-7-17-37(43)40-29-32(23-26-46(40)49)33-24-27-47-41(30-33)38-18-8-12-22-45(38)51(47)36-25-28-48-42(31-36)39-19-9-11-21-44(39)50(48)35-15-5-2-6-16-35/h1-31H/i1D,2D,7D,8D,9D,10D,11D,12D,17D,18D,19D,20D,21D,22D,23D,24D,25D,26D,27D,28D,29D,30D,31D. The normalized spacial score (nSPS) is 18.2. The Bertz CT molecular complexity index is 4440. The van der Waals surface area contributed by atoms with Crippen LogP contribution >= 0.6 is 0 Å². The SMILES string of the molecule is [2H]c1ccc(-n2c3c([2H])c([2H])c([2H])c([2H])c3c3c([2H])c(-c4c([2H])c([2H])c5c(c4[2H])c4c([2H])c([2H])c([2H])c([2H])c4n5-c4c([2H])c([2H])c5c(c4[2H])c4c([2H])c([2H])c([2H])c([2H])c4n5-c4ccc([2H])cc4)c([2H])c([2H])c32)cc1. The highest BCUT2D eigenvalue weighted by Gasteiger charge is 2.18. The Morgan fingerprint density at radius 1 is 0.294 bits per heavy atom. The highest BCUT2D eigenvalue weighted by atomic mass is 15.0. The molecule has 0 saturated heterocycles. The van der Waals surface area contributed by atoms with Gasteiger partial charge in [-0.25, -0.2) is 0 Å². The van der Waals surface area contributed by atoms with E-state index in [1.54, 1.807) is 0 Å². The molecule has 8 aromatic carbocycles. The molecule has 3 heterocycles. The summed E-state index contributed by atoms with van der Waals surface area (Å²) in [6.07, 6.45) is 0. The highest BCUT2D eigenvalue weighted by Crippen LogP contribution is 2.40. The number of hydrogen-bond acceptors (Lipinski definition) is 0. The van der Waals surface area contributed by atoms with Gasteiger partial charge < -0.3 is 13.7 Å². The van der Waals surface area contributed by atoms with Gasteiger partial charge in [-0.3, -0.25) is 0 Å². The van der Waals surface area contributed by atoms with E-state index in [0.717, 1.165) is 4.57 Å². The van der Waals surface area contributed by atoms with Gasteiger partial charge in [0.2, 0.25) is 0 Å². The number of nitrogens with zero attached hydrogens (tertiary/aromatic N) is 3. The lowest BCUT2D eigenvalue weighted by atomic mass is 10.0. The first kappa shape index (κ1) is 13.8. The second-order valence-electron chi connectivity index (χ2n) is 11.6. The van der Waals surface area contributed by atoms with Gasteiger partial charge in [-0.05, 0) is 95.8 Å². The smallest absolute Gasteiger partial charge is 0.0652 e. The molecule has 0 fully saturated rings. The van der Waals surface area contributed by atoms with Crippen molar-refractivity contribution in [2.75, 3.05) is 0 Å². The van der Waals surface area contributed by atoms with E-state index in [4.69, 9.17) is 16.4 Å². The fourth-order valence-electron chi connectivity index (χ4n) is 6.69. The number of aromatic nitrogens is 3. The van der Waals surface area contributed by atoms with Crippen molar-refractivity contribution >= 4 is 65.4 Å². The van der Waals surface area contributed by atoms with Crippen LogP contribution in [0.15, 0.2) is 188 Å². The summed E-state index contributed by atoms with van der Waals surface area (Å²) in [4.78, 5) is 0. The summed E-state index contributed by atoms with van der Waals surface area (Å²) >= 11 is 0. The quantitative estimate of drug-likeness (QED) is 0.177. The van der Waals surface area contributed by atoms with Crippen LogP contribution in [0.25, 0.3) is 93.6 Å². The van der Waals surface area contributed by atoms with E-state index in [2.05, 4.69) is 0 Å². The molecular weight excluding hydrogens is 619 g/mol. The maximum absolute atomic E-state index is 9.92. The Kier molecular flexibility index (Phi) is 2.93. The molecule has 0 bridgehead atoms. The zero-order valence-corrected chi connectivity index (χ0v) is 26.0. The molecule has 0 atom stereocenters. The first-order valence-corrected chi connectivity index (χ1v) is 15.7. The van der Waals surface area contributed by atoms with Crippen molar-refractivity contribution in [3.8, 4) is 28.2 Å². The zero-order chi connectivity index (χ0) is 53.5. The van der Waals surface area contributed by atoms with Crippen LogP contribution in [0, 0.1) is 0 Å². The van der Waals surface area contributed by atoms with Crippen molar-refractivity contribution in [3.63, 3.8) is 0 Å². The van der Waals surface area contributed by atoms with Crippen molar-refractivity contribution < 1.29 is 31.5 Å². The van der Waals surface area contributed by atoms with E-state index in [9.17, 15) is 15.1 Å². The second-order valence-corrected chi connectivity index (χ2v) is 11.6. The largest absolute Gasteiger partial charge is 0.309 e. The molecular formula is C48H31N3. The molecule has 3 heteroatoms. The Hall–Kier alpha value is -6.84. The molecule has 0 aliphatic heterocycles. The van der Waals surface area contributed by atoms with Crippen LogP contribution in [-0.4, -0.2) is 13.7 Å². The summed E-state index contributed by atoms with van der Waals surface area (Å²) < 4.78 is 213. The summed E-state index contributed by atoms with van der Waals surface area (Å²) in [5, 5.41) is -2.12. The number of rotatable bonds is 4. The van der Waals surface area contributed by atoms with Crippen LogP contribution in [-0.2, 0) is 0 Å². The first-order chi connectivity index (χ1) is 34.9. The Morgan fingerprint density at radius 3 is 1.10 bits per heavy atom. The number of benzene rings is 8. The molecule has 0 saturated carbocycles. The van der Waals surface area contributed by atoms with Gasteiger partial charge in [0.1, 0.15) is 0 Å². The fraction of sp³-hybridized carbons (Fsp3) is 0. The minimum absolute atomic E-state index is 0.0782. The Balaban J connectivity index is 1.33. The maximum atomic E-state index is 9.92. The van der Waals surface area contributed by atoms with E-state index >= 15 is 0 Å². The molecule has 0 radical (unpaired) electrons. The molecule has 238 valence electrons. The van der Waals surface area contributed by atoms with E-state index in [-0.39, 0.29) is 67.1 Å². The van der Waals surface area contributed by atoms with Gasteiger partial charge in [-0.1, -0.05) is 103 Å². The monoisotopic (exact) mass is 672 g/mol. The van der Waals surface area contributed by atoms with Crippen molar-refractivity contribution in [2.24, 2.45) is 0 Å². The van der Waals surface area contributed by atoms with Crippen molar-refractivity contribution in [1.82, 2.24) is 13.7 Å². The van der Waals surface area contributed by atoms with Crippen LogP contribution in [0.2, 0.25) is 0 Å². The minimum Gasteiger partial charge on any atom is -0.309 e. The average Bonchev–Trinajstić information content (AvgIpc) is 4.10. The van der Waals surface area contributed by atoms with Crippen LogP contribution in [0.5, 0.6) is 0 Å². The molecule has 0 aliphatic carbocycles. The van der Waals surface area contributed by atoms with Gasteiger partial charge >= 0.3 is 0 Å². The molecule has 3 aromatic heterocycles. The lowest BCUT2D eigenvalue weighted by Crippen LogP contribution is -1.95. The fourth-order valence-corrected chi connectivity index (χ4v) is 6.69. The number of hydrogen-bond donors (Lipinski definition) is 0. The third-order valence-corrected chi connectivity index (χ3v) is 8.85. The molecule has 11 aromatic rings. The lowest BCUT2D eigenvalue weighted by Gasteiger charge is -2.11. The van der Waals surface area contributed by atoms with E-state index in [1.165, 1.54) is 57.7 Å². The third kappa shape index (κ3) is 4.12. The van der Waals surface area contributed by atoms with Crippen molar-refractivity contribution in [3.05, 3.63) is 188 Å². The molecule has 0 amide bonds. The van der Waals surface area contributed by atoms with Gasteiger partial charge in [0.15, 0.2) is 0 Å². The molecule has 0 spiro atoms. The summed E-state index contributed by atoms with van der Waals surface area (Å²) in [5.74, 6) is 0. The molecule has 0 aliphatic rings. The summed E-state index contributed by atoms with van der Waals surface area (Å²) in [7, 11) is 0. The highest BCUT2D eigenvalue weighted by molar-refractivity contribution is 6.14. The predicted octanol–water partition coefficient (Wildman–Crippen LogP) is 12.6. The van der Waals surface area contributed by atoms with Gasteiger partial charge in [-0.15, -0.1) is 0 Å². The Morgan fingerprint density at radius 2 is 0.647 bits per heavy atom. The molecule has 0 unspecified atom stereocenters. The summed E-state index contributed by atoms with van der Waals surface area (Å²) in [5.41, 5.74) is -3.49. The molecule has 3 nitrogen and oxygen atoms in total. The number of fused-ring (bicyclic) bond motifs is 9. The van der Waals surface area contributed by atoms with E-state index in [0.29, 0.717) is 0 Å². The van der Waals surface area contributed by atoms with E-state index in [1.807, 2.05) is 0 Å². The average molecular weight is 673 g/mol. The van der Waals surface area contributed by atoms with Crippen LogP contribution in [0.1, 0.15) is 31.5 Å². The number of para-hydroxylation sites is 5. The third-order valence-electron chi connectivity index (χ3n) is 8.85. The summed E-state index contributed by atoms with van der Waals surface area (Å²) in [6.45, 7) is 0. The minimum atomic E-state index is -0.909. The molecule has 0 N–H and O–H groups in total. The van der Waals surface area contributed by atoms with Gasteiger partial charge in [0.25, 0.3) is 0 Å². The van der Waals surface area contributed by atoms with Gasteiger partial charge in [0, 0.05) is 49.4 Å². The van der Waals surface area contributed by atoms with Crippen LogP contribution in [0.3, 0.4) is 0 Å².